The Balaban J connectivity index is 2.06. The van der Waals surface area contributed by atoms with Crippen LogP contribution in [0.2, 0.25) is 0 Å². The number of thioether (sulfide) groups is 1. The van der Waals surface area contributed by atoms with Gasteiger partial charge in [-0.3, -0.25) is 23.3 Å². The monoisotopic (exact) mass is 420 g/mol. The van der Waals surface area contributed by atoms with E-state index in [0.29, 0.717) is 28.5 Å². The summed E-state index contributed by atoms with van der Waals surface area (Å²) in [6, 6.07) is 1.46. The van der Waals surface area contributed by atoms with Crippen molar-refractivity contribution < 1.29 is 0 Å². The Bertz CT molecular complexity index is 1220. The van der Waals surface area contributed by atoms with E-state index >= 15 is 0 Å². The summed E-state index contributed by atoms with van der Waals surface area (Å²) in [7, 11) is 3.10. The van der Waals surface area contributed by atoms with E-state index in [9.17, 15) is 14.4 Å². The minimum atomic E-state index is -0.362. The first-order valence-corrected chi connectivity index (χ1v) is 11.0. The second kappa shape index (κ2) is 8.08. The summed E-state index contributed by atoms with van der Waals surface area (Å²) in [6.45, 7) is 6.65. The molecule has 0 spiro atoms. The molecule has 7 nitrogen and oxygen atoms in total. The summed E-state index contributed by atoms with van der Waals surface area (Å²) >= 11 is 2.91. The number of unbranched alkanes of at least 4 members (excludes halogenated alkanes) is 1. The van der Waals surface area contributed by atoms with Crippen LogP contribution in [-0.4, -0.2) is 18.7 Å². The molecule has 0 atom stereocenters. The average Bonchev–Trinajstić information content (AvgIpc) is 2.95. The Morgan fingerprint density at radius 2 is 1.86 bits per heavy atom. The summed E-state index contributed by atoms with van der Waals surface area (Å²) in [5, 5.41) is 1.32. The number of hydrogen-bond acceptors (Lipinski definition) is 6. The van der Waals surface area contributed by atoms with Gasteiger partial charge in [-0.1, -0.05) is 25.1 Å². The highest BCUT2D eigenvalue weighted by molar-refractivity contribution is 7.98. The highest BCUT2D eigenvalue weighted by atomic mass is 32.2. The smallest absolute Gasteiger partial charge is 0.300 e. The number of aryl methyl sites for hydroxylation is 2. The molecule has 0 saturated heterocycles. The molecule has 3 heterocycles. The van der Waals surface area contributed by atoms with Gasteiger partial charge < -0.3 is 0 Å². The van der Waals surface area contributed by atoms with Crippen molar-refractivity contribution in [2.45, 2.75) is 51.1 Å². The zero-order chi connectivity index (χ0) is 20.6. The first-order chi connectivity index (χ1) is 13.3. The Hall–Kier alpha value is -2.13. The normalized spacial score (nSPS) is 11.5. The Morgan fingerprint density at radius 3 is 2.54 bits per heavy atom. The molecule has 150 valence electrons. The molecule has 0 radical (unpaired) electrons. The third kappa shape index (κ3) is 3.60. The number of aromatic nitrogens is 4. The van der Waals surface area contributed by atoms with Crippen LogP contribution >= 0.6 is 23.1 Å². The van der Waals surface area contributed by atoms with Crippen LogP contribution in [0.4, 0.5) is 0 Å². The second-order valence-corrected chi connectivity index (χ2v) is 8.98. The lowest BCUT2D eigenvalue weighted by atomic mass is 10.2. The number of thiophene rings is 1. The van der Waals surface area contributed by atoms with Crippen molar-refractivity contribution in [3.63, 3.8) is 0 Å². The van der Waals surface area contributed by atoms with E-state index in [1.165, 1.54) is 40.8 Å². The van der Waals surface area contributed by atoms with Crippen LogP contribution in [0, 0.1) is 13.8 Å². The van der Waals surface area contributed by atoms with E-state index < -0.39 is 0 Å². The molecule has 9 heteroatoms. The van der Waals surface area contributed by atoms with E-state index in [-0.39, 0.29) is 16.8 Å². The first-order valence-electron chi connectivity index (χ1n) is 9.15. The molecule has 0 aliphatic heterocycles. The summed E-state index contributed by atoms with van der Waals surface area (Å²) in [6.07, 6.45) is 1.85. The SMILES string of the molecule is CCCCn1c(SCc2cc(=O)n(C)c(=O)n2C)nc2sc(C)c(C)c2c1=O. The molecule has 0 N–H and O–H groups in total. The van der Waals surface area contributed by atoms with Crippen LogP contribution in [0.5, 0.6) is 0 Å². The third-order valence-corrected chi connectivity index (χ3v) is 7.07. The van der Waals surface area contributed by atoms with E-state index in [1.807, 2.05) is 13.8 Å². The molecule has 3 aromatic heterocycles. The van der Waals surface area contributed by atoms with Crippen LogP contribution in [0.15, 0.2) is 25.6 Å². The summed E-state index contributed by atoms with van der Waals surface area (Å²) in [5.74, 6) is 0.384. The van der Waals surface area contributed by atoms with Gasteiger partial charge in [0.1, 0.15) is 4.83 Å². The third-order valence-electron chi connectivity index (χ3n) is 4.96. The van der Waals surface area contributed by atoms with Crippen molar-refractivity contribution in [1.29, 1.82) is 0 Å². The average molecular weight is 421 g/mol. The quantitative estimate of drug-likeness (QED) is 0.452. The van der Waals surface area contributed by atoms with Crippen molar-refractivity contribution in [3.8, 4) is 0 Å². The zero-order valence-electron chi connectivity index (χ0n) is 16.7. The fourth-order valence-electron chi connectivity index (χ4n) is 2.99. The molecular formula is C19H24N4O3S2. The molecule has 0 aromatic carbocycles. The van der Waals surface area contributed by atoms with Crippen molar-refractivity contribution in [2.24, 2.45) is 14.1 Å². The maximum absolute atomic E-state index is 13.1. The van der Waals surface area contributed by atoms with Crippen LogP contribution in [0.25, 0.3) is 10.2 Å². The van der Waals surface area contributed by atoms with Crippen LogP contribution in [0.1, 0.15) is 35.9 Å². The predicted molar refractivity (Wildman–Crippen MR) is 115 cm³/mol. The van der Waals surface area contributed by atoms with Gasteiger partial charge in [-0.15, -0.1) is 11.3 Å². The van der Waals surface area contributed by atoms with Gasteiger partial charge in [0.05, 0.1) is 5.39 Å². The summed E-state index contributed by atoms with van der Waals surface area (Å²) in [4.78, 5) is 43.8. The van der Waals surface area contributed by atoms with Crippen LogP contribution in [-0.2, 0) is 26.4 Å². The summed E-state index contributed by atoms with van der Waals surface area (Å²) < 4.78 is 4.27. The molecule has 3 aromatic rings. The fourth-order valence-corrected chi connectivity index (χ4v) is 5.10. The van der Waals surface area contributed by atoms with Crippen molar-refractivity contribution >= 4 is 33.3 Å². The van der Waals surface area contributed by atoms with E-state index in [1.54, 1.807) is 11.6 Å². The van der Waals surface area contributed by atoms with Gasteiger partial charge >= 0.3 is 5.69 Å². The Kier molecular flexibility index (Phi) is 5.95. The summed E-state index contributed by atoms with van der Waals surface area (Å²) in [5.41, 5.74) is 0.885. The lowest BCUT2D eigenvalue weighted by Crippen LogP contribution is -2.37. The maximum atomic E-state index is 13.1. The minimum absolute atomic E-state index is 0.0133. The highest BCUT2D eigenvalue weighted by Gasteiger charge is 2.17. The molecule has 0 aliphatic carbocycles. The Labute approximate surface area is 170 Å². The first kappa shape index (κ1) is 20.6. The molecule has 0 fully saturated rings. The van der Waals surface area contributed by atoms with Crippen molar-refractivity contribution in [1.82, 2.24) is 18.7 Å². The number of rotatable bonds is 6. The highest BCUT2D eigenvalue weighted by Crippen LogP contribution is 2.29. The lowest BCUT2D eigenvalue weighted by Gasteiger charge is -2.13. The topological polar surface area (TPSA) is 78.9 Å². The molecule has 0 bridgehead atoms. The van der Waals surface area contributed by atoms with Crippen molar-refractivity contribution in [3.05, 3.63) is 53.4 Å². The van der Waals surface area contributed by atoms with Gasteiger partial charge in [0.15, 0.2) is 5.16 Å². The van der Waals surface area contributed by atoms with Gasteiger partial charge in [0.2, 0.25) is 0 Å². The largest absolute Gasteiger partial charge is 0.330 e. The lowest BCUT2D eigenvalue weighted by molar-refractivity contribution is 0.558. The molecule has 0 aliphatic rings. The van der Waals surface area contributed by atoms with Crippen LogP contribution in [0.3, 0.4) is 0 Å². The number of nitrogens with zero attached hydrogens (tertiary/aromatic N) is 4. The molecule has 28 heavy (non-hydrogen) atoms. The maximum Gasteiger partial charge on any atom is 0.330 e. The van der Waals surface area contributed by atoms with Gasteiger partial charge in [0.25, 0.3) is 11.1 Å². The number of fused-ring (bicyclic) bond motifs is 1. The van der Waals surface area contributed by atoms with E-state index in [2.05, 4.69) is 6.92 Å². The zero-order valence-corrected chi connectivity index (χ0v) is 18.4. The second-order valence-electron chi connectivity index (χ2n) is 6.83. The van der Waals surface area contributed by atoms with Gasteiger partial charge in [0, 0.05) is 43.0 Å². The van der Waals surface area contributed by atoms with Gasteiger partial charge in [-0.2, -0.15) is 0 Å². The van der Waals surface area contributed by atoms with Gasteiger partial charge in [-0.25, -0.2) is 9.78 Å². The number of hydrogen-bond donors (Lipinski definition) is 0. The Morgan fingerprint density at radius 1 is 1.14 bits per heavy atom. The molecule has 0 amide bonds. The molecule has 0 unspecified atom stereocenters. The molecular weight excluding hydrogens is 396 g/mol. The minimum Gasteiger partial charge on any atom is -0.300 e. The van der Waals surface area contributed by atoms with Crippen LogP contribution < -0.4 is 16.8 Å². The van der Waals surface area contributed by atoms with E-state index in [4.69, 9.17) is 4.98 Å². The van der Waals surface area contributed by atoms with Crippen molar-refractivity contribution in [2.75, 3.05) is 0 Å². The molecule has 0 saturated carbocycles. The fraction of sp³-hybridized carbons (Fsp3) is 0.474. The standard InChI is InChI=1S/C19H24N4O3S2/c1-6-7-8-23-17(25)15-11(2)12(3)28-16(15)20-18(23)27-10-13-9-14(24)22(5)19(26)21(13)4/h9H,6-8,10H2,1-5H3. The molecule has 3 rings (SSSR count). The van der Waals surface area contributed by atoms with E-state index in [0.717, 1.165) is 32.7 Å². The van der Waals surface area contributed by atoms with Gasteiger partial charge in [-0.05, 0) is 25.8 Å². The predicted octanol–water partition coefficient (Wildman–Crippen LogP) is 2.56.